The Bertz CT molecular complexity index is 8030. The number of aromatic nitrogens is 8. The fraction of sp³-hybridized carbons (Fsp3) is 0. The minimum absolute atomic E-state index is 0.687. The summed E-state index contributed by atoms with van der Waals surface area (Å²) in [5.74, 6) is 1.39. The normalized spacial score (nSPS) is 11.7. The van der Waals surface area contributed by atoms with Gasteiger partial charge >= 0.3 is 0 Å². The molecule has 0 bridgehead atoms. The van der Waals surface area contributed by atoms with Crippen LogP contribution in [0.25, 0.3) is 221 Å². The van der Waals surface area contributed by atoms with Crippen molar-refractivity contribution in [3.63, 3.8) is 0 Å². The van der Waals surface area contributed by atoms with E-state index in [4.69, 9.17) is 19.9 Å². The highest BCUT2D eigenvalue weighted by molar-refractivity contribution is 6.28. The van der Waals surface area contributed by atoms with Crippen LogP contribution < -0.4 is 0 Å². The third-order valence-electron chi connectivity index (χ3n) is 23.6. The van der Waals surface area contributed by atoms with Gasteiger partial charge in [0.1, 0.15) is 0 Å². The van der Waals surface area contributed by atoms with Crippen LogP contribution in [0, 0.1) is 0 Å². The Hall–Kier alpha value is -15.9. The van der Waals surface area contributed by atoms with Gasteiger partial charge in [-0.2, -0.15) is 0 Å². The topological polar surface area (TPSA) is 71.3 Å². The van der Waals surface area contributed by atoms with Crippen LogP contribution >= 0.6 is 0 Å². The predicted molar refractivity (Wildman–Crippen MR) is 492 cm³/mol. The lowest BCUT2D eigenvalue weighted by molar-refractivity contribution is 1.17. The van der Waals surface area contributed by atoms with Crippen LogP contribution in [0.15, 0.2) is 425 Å². The zero-order valence-electron chi connectivity index (χ0n) is 64.0. The lowest BCUT2D eigenvalue weighted by atomic mass is 10.0. The number of nitrogens with zero attached hydrogens (tertiary/aromatic N) is 8. The van der Waals surface area contributed by atoms with Crippen molar-refractivity contribution in [3.05, 3.63) is 425 Å². The van der Waals surface area contributed by atoms with Crippen LogP contribution in [0.2, 0.25) is 0 Å². The average Bonchev–Trinajstić information content (AvgIpc) is 1.55. The van der Waals surface area contributed by atoms with E-state index in [9.17, 15) is 0 Å². The van der Waals surface area contributed by atoms with Gasteiger partial charge in [0.15, 0.2) is 11.6 Å². The summed E-state index contributed by atoms with van der Waals surface area (Å²) in [6.07, 6.45) is 0. The van der Waals surface area contributed by atoms with Crippen molar-refractivity contribution in [2.75, 3.05) is 0 Å². The quantitative estimate of drug-likeness (QED) is 0.129. The molecule has 0 amide bonds. The van der Waals surface area contributed by atoms with Crippen LogP contribution in [0.5, 0.6) is 0 Å². The molecule has 0 radical (unpaired) electrons. The first kappa shape index (κ1) is 67.8. The summed E-state index contributed by atoms with van der Waals surface area (Å²) in [4.78, 5) is 20.8. The fourth-order valence-corrected chi connectivity index (χ4v) is 18.1. The van der Waals surface area contributed by atoms with Gasteiger partial charge in [-0.25, -0.2) is 19.9 Å². The van der Waals surface area contributed by atoms with Crippen LogP contribution in [0.3, 0.4) is 0 Å². The van der Waals surface area contributed by atoms with E-state index < -0.39 is 0 Å². The van der Waals surface area contributed by atoms with E-state index >= 15 is 0 Å². The molecular weight excluding hydrogens is 1430 g/mol. The van der Waals surface area contributed by atoms with Crippen LogP contribution in [-0.4, -0.2) is 38.2 Å². The number of hydrogen-bond acceptors (Lipinski definition) is 4. The largest absolute Gasteiger partial charge is 0.309 e. The second kappa shape index (κ2) is 28.0. The summed E-state index contributed by atoms with van der Waals surface area (Å²) in [5, 5.41) is 16.9. The van der Waals surface area contributed by atoms with Gasteiger partial charge < -0.3 is 18.3 Å². The van der Waals surface area contributed by atoms with Gasteiger partial charge in [0.05, 0.1) is 72.6 Å². The molecule has 0 saturated heterocycles. The molecule has 0 spiro atoms. The molecule has 0 saturated carbocycles. The van der Waals surface area contributed by atoms with Gasteiger partial charge in [0.2, 0.25) is 0 Å². The Labute approximate surface area is 679 Å². The van der Waals surface area contributed by atoms with Crippen molar-refractivity contribution in [2.45, 2.75) is 0 Å². The summed E-state index contributed by atoms with van der Waals surface area (Å²) in [7, 11) is 0. The van der Waals surface area contributed by atoms with Crippen molar-refractivity contribution in [1.82, 2.24) is 38.2 Å². The zero-order valence-corrected chi connectivity index (χ0v) is 64.0. The first-order valence-corrected chi connectivity index (χ1v) is 40.2. The first-order chi connectivity index (χ1) is 58.5. The van der Waals surface area contributed by atoms with Crippen molar-refractivity contribution < 1.29 is 0 Å². The van der Waals surface area contributed by atoms with E-state index in [1.807, 2.05) is 36.4 Å². The monoisotopic (exact) mass is 1500 g/mol. The molecule has 0 atom stereocenters. The van der Waals surface area contributed by atoms with Crippen LogP contribution in [-0.2, 0) is 0 Å². The zero-order chi connectivity index (χ0) is 77.7. The minimum Gasteiger partial charge on any atom is -0.309 e. The molecule has 6 aromatic heterocycles. The lowest BCUT2D eigenvalue weighted by Crippen LogP contribution is -1.99. The molecule has 8 heteroatoms. The van der Waals surface area contributed by atoms with Crippen molar-refractivity contribution in [1.29, 1.82) is 0 Å². The number of benzene rings is 18. The van der Waals surface area contributed by atoms with Crippen molar-refractivity contribution >= 4 is 120 Å². The summed E-state index contributed by atoms with van der Waals surface area (Å²) in [5.41, 5.74) is 26.0. The van der Waals surface area contributed by atoms with Gasteiger partial charge in [-0.05, 0) is 141 Å². The molecule has 6 heterocycles. The van der Waals surface area contributed by atoms with E-state index in [0.717, 1.165) is 106 Å². The second-order valence-corrected chi connectivity index (χ2v) is 30.4. The molecule has 8 nitrogen and oxygen atoms in total. The summed E-state index contributed by atoms with van der Waals surface area (Å²) in [6, 6.07) is 152. The first-order valence-electron chi connectivity index (χ1n) is 40.2. The van der Waals surface area contributed by atoms with E-state index in [2.05, 4.69) is 407 Å². The molecule has 550 valence electrons. The number of hydrogen-bond donors (Lipinski definition) is 0. The molecular formula is C110H70N8. The molecule has 118 heavy (non-hydrogen) atoms. The van der Waals surface area contributed by atoms with Gasteiger partial charge in [0.25, 0.3) is 0 Å². The third kappa shape index (κ3) is 11.4. The highest BCUT2D eigenvalue weighted by Crippen LogP contribution is 2.47. The van der Waals surface area contributed by atoms with Crippen LogP contribution in [0.1, 0.15) is 0 Å². The Kier molecular flexibility index (Phi) is 16.1. The maximum atomic E-state index is 5.26. The SMILES string of the molecule is c1ccc(-c2cc(-c3ccccc3)nc(-c3cc(-n4c5ccccc5c5c4ccc4c6ccccc6n(-c6ccc7ccccc7c6)c45)c4ccccc4c3)n2)cc1.c1ccc(-c2ccc(-c3cc(-c4ccc5ccc(-n6c7ccccc7c7c6ccc6c8ccccc8n(-c8ccccc8)c67)cc5c4)nc(-c4ccccc4)n3)cc2)cc1. The van der Waals surface area contributed by atoms with Crippen molar-refractivity contribution in [2.24, 2.45) is 0 Å². The third-order valence-corrected chi connectivity index (χ3v) is 23.6. The maximum absolute atomic E-state index is 5.26. The molecule has 24 rings (SSSR count). The Morgan fingerprint density at radius 1 is 0.161 bits per heavy atom. The standard InChI is InChI=1S/C56H36N4.C54H34N4/c1-4-14-37(15-5-1)38-24-27-40(28-25-38)49-36-50(58-56(57-49)41-16-6-2-7-17-41)42-29-26-39-30-31-45(35-43(39)34-42)59-52-23-13-11-21-48(52)54-53(59)33-32-47-46-20-10-12-22-51(46)60(55(47)54)44-18-8-3-9-19-44;1-3-16-36(17-4-1)46-34-47(37-18-5-2-6-19-37)56-54(55-46)40-31-39-21-9-10-22-42(39)51(33-40)58-49-26-14-12-24-45(49)52-50(58)30-29-44-43-23-11-13-25-48(43)57(53(44)52)41-28-27-35-15-7-8-20-38(35)32-41/h1-36H;1-34H. The molecule has 0 unspecified atom stereocenters. The van der Waals surface area contributed by atoms with Gasteiger partial charge in [-0.1, -0.05) is 322 Å². The van der Waals surface area contributed by atoms with E-state index in [1.54, 1.807) is 0 Å². The molecule has 0 aliphatic rings. The molecule has 0 aliphatic heterocycles. The lowest BCUT2D eigenvalue weighted by Gasteiger charge is -2.15. The van der Waals surface area contributed by atoms with E-state index in [-0.39, 0.29) is 0 Å². The minimum atomic E-state index is 0.687. The number of rotatable bonds is 11. The van der Waals surface area contributed by atoms with E-state index in [0.29, 0.717) is 11.6 Å². The number of fused-ring (bicyclic) bond motifs is 17. The number of para-hydroxylation sites is 5. The summed E-state index contributed by atoms with van der Waals surface area (Å²) >= 11 is 0. The Balaban J connectivity index is 0.000000138. The molecule has 0 aliphatic carbocycles. The van der Waals surface area contributed by atoms with Crippen molar-refractivity contribution in [3.8, 4) is 102 Å². The highest BCUT2D eigenvalue weighted by atomic mass is 15.0. The average molecular weight is 1500 g/mol. The fourth-order valence-electron chi connectivity index (χ4n) is 18.1. The maximum Gasteiger partial charge on any atom is 0.160 e. The predicted octanol–water partition coefficient (Wildman–Crippen LogP) is 28.5. The molecule has 0 N–H and O–H groups in total. The summed E-state index contributed by atoms with van der Waals surface area (Å²) < 4.78 is 9.79. The molecule has 24 aromatic rings. The summed E-state index contributed by atoms with van der Waals surface area (Å²) in [6.45, 7) is 0. The van der Waals surface area contributed by atoms with E-state index in [1.165, 1.54) is 103 Å². The molecule has 18 aromatic carbocycles. The van der Waals surface area contributed by atoms with Gasteiger partial charge in [0, 0.05) is 98.9 Å². The van der Waals surface area contributed by atoms with Gasteiger partial charge in [-0.15, -0.1) is 0 Å². The van der Waals surface area contributed by atoms with Crippen LogP contribution in [0.4, 0.5) is 0 Å². The Morgan fingerprint density at radius 2 is 0.517 bits per heavy atom. The Morgan fingerprint density at radius 3 is 1.08 bits per heavy atom. The second-order valence-electron chi connectivity index (χ2n) is 30.4. The molecule has 0 fully saturated rings. The smallest absolute Gasteiger partial charge is 0.160 e. The van der Waals surface area contributed by atoms with Gasteiger partial charge in [-0.3, -0.25) is 0 Å². The highest BCUT2D eigenvalue weighted by Gasteiger charge is 2.26.